The van der Waals surface area contributed by atoms with Crippen LogP contribution in [0.25, 0.3) is 0 Å². The smallest absolute Gasteiger partial charge is 0.137 e. The Kier molecular flexibility index (Phi) is 6.58. The van der Waals surface area contributed by atoms with Gasteiger partial charge in [0, 0.05) is 31.4 Å². The second-order valence-corrected chi connectivity index (χ2v) is 3.80. The van der Waals surface area contributed by atoms with E-state index in [1.54, 1.807) is 12.4 Å². The molecule has 1 N–H and O–H groups in total. The second-order valence-electron chi connectivity index (χ2n) is 3.80. The minimum atomic E-state index is -0.542. The van der Waals surface area contributed by atoms with Crippen molar-refractivity contribution in [3.05, 3.63) is 24.0 Å². The van der Waals surface area contributed by atoms with Crippen molar-refractivity contribution < 1.29 is 14.6 Å². The van der Waals surface area contributed by atoms with Gasteiger partial charge in [-0.2, -0.15) is 0 Å². The van der Waals surface area contributed by atoms with Crippen molar-refractivity contribution in [1.29, 1.82) is 0 Å². The molecule has 96 valence electrons. The molecule has 0 saturated heterocycles. The molecule has 0 amide bonds. The number of ether oxygens (including phenoxy) is 2. The maximum absolute atomic E-state index is 9.92. The van der Waals surface area contributed by atoms with Crippen LogP contribution in [0, 0.1) is 0 Å². The van der Waals surface area contributed by atoms with Gasteiger partial charge in [-0.05, 0) is 19.4 Å². The van der Waals surface area contributed by atoms with Crippen LogP contribution in [0.3, 0.4) is 0 Å². The number of aromatic nitrogens is 1. The lowest BCUT2D eigenvalue weighted by molar-refractivity contribution is 0.0883. The number of hydrogen-bond acceptors (Lipinski definition) is 4. The first-order chi connectivity index (χ1) is 8.27. The zero-order valence-electron chi connectivity index (χ0n) is 10.6. The molecule has 0 saturated carbocycles. The first kappa shape index (κ1) is 13.9. The van der Waals surface area contributed by atoms with Crippen molar-refractivity contribution in [3.63, 3.8) is 0 Å². The molecule has 17 heavy (non-hydrogen) atoms. The lowest BCUT2D eigenvalue weighted by Crippen LogP contribution is -2.04. The number of pyridine rings is 1. The van der Waals surface area contributed by atoms with E-state index in [9.17, 15) is 5.11 Å². The van der Waals surface area contributed by atoms with E-state index in [1.807, 2.05) is 19.9 Å². The van der Waals surface area contributed by atoms with Crippen LogP contribution in [-0.2, 0) is 4.74 Å². The van der Waals surface area contributed by atoms with Gasteiger partial charge in [0.25, 0.3) is 0 Å². The fraction of sp³-hybridized carbons (Fsp3) is 0.615. The third-order valence-electron chi connectivity index (χ3n) is 2.33. The molecule has 0 aliphatic rings. The summed E-state index contributed by atoms with van der Waals surface area (Å²) in [6, 6.07) is 1.83. The summed E-state index contributed by atoms with van der Waals surface area (Å²) in [7, 11) is 0. The molecule has 4 nitrogen and oxygen atoms in total. The highest BCUT2D eigenvalue weighted by Crippen LogP contribution is 2.20. The Balaban J connectivity index is 2.51. The van der Waals surface area contributed by atoms with E-state index in [1.165, 1.54) is 0 Å². The number of hydrogen-bond donors (Lipinski definition) is 1. The van der Waals surface area contributed by atoms with E-state index in [-0.39, 0.29) is 0 Å². The molecular weight excluding hydrogens is 218 g/mol. The van der Waals surface area contributed by atoms with Gasteiger partial charge in [-0.15, -0.1) is 0 Å². The van der Waals surface area contributed by atoms with Crippen molar-refractivity contribution in [2.24, 2.45) is 0 Å². The maximum atomic E-state index is 9.92. The highest BCUT2D eigenvalue weighted by atomic mass is 16.5. The molecule has 0 aliphatic heterocycles. The Labute approximate surface area is 103 Å². The van der Waals surface area contributed by atoms with Crippen molar-refractivity contribution in [1.82, 2.24) is 4.98 Å². The second kappa shape index (κ2) is 8.03. The molecular formula is C13H21NO3. The van der Waals surface area contributed by atoms with Crippen molar-refractivity contribution in [3.8, 4) is 5.75 Å². The van der Waals surface area contributed by atoms with Crippen LogP contribution in [0.1, 0.15) is 38.4 Å². The summed E-state index contributed by atoms with van der Waals surface area (Å²) < 4.78 is 10.7. The van der Waals surface area contributed by atoms with Crippen LogP contribution in [0.4, 0.5) is 0 Å². The van der Waals surface area contributed by atoms with E-state index in [4.69, 9.17) is 9.47 Å². The molecule has 1 atom stereocenters. The number of rotatable bonds is 8. The van der Waals surface area contributed by atoms with Crippen LogP contribution >= 0.6 is 0 Å². The van der Waals surface area contributed by atoms with Gasteiger partial charge in [0.05, 0.1) is 18.9 Å². The first-order valence-corrected chi connectivity index (χ1v) is 6.11. The Hall–Kier alpha value is -1.13. The third-order valence-corrected chi connectivity index (χ3v) is 2.33. The van der Waals surface area contributed by atoms with Crippen molar-refractivity contribution in [2.45, 2.75) is 32.8 Å². The summed E-state index contributed by atoms with van der Waals surface area (Å²) in [6.45, 7) is 5.88. The van der Waals surface area contributed by atoms with E-state index < -0.39 is 6.10 Å². The topological polar surface area (TPSA) is 51.6 Å². The summed E-state index contributed by atoms with van der Waals surface area (Å²) in [5.74, 6) is 0.708. The quantitative estimate of drug-likeness (QED) is 0.707. The molecule has 0 aromatic carbocycles. The van der Waals surface area contributed by atoms with E-state index in [0.717, 1.165) is 12.0 Å². The summed E-state index contributed by atoms with van der Waals surface area (Å²) in [4.78, 5) is 4.06. The summed E-state index contributed by atoms with van der Waals surface area (Å²) in [5, 5.41) is 9.92. The molecule has 1 aromatic heterocycles. The predicted octanol–water partition coefficient (Wildman–Crippen LogP) is 2.33. The van der Waals surface area contributed by atoms with Gasteiger partial charge in [0.1, 0.15) is 5.75 Å². The Morgan fingerprint density at radius 1 is 1.29 bits per heavy atom. The van der Waals surface area contributed by atoms with Crippen LogP contribution in [0.15, 0.2) is 18.5 Å². The van der Waals surface area contributed by atoms with E-state index >= 15 is 0 Å². The monoisotopic (exact) mass is 239 g/mol. The van der Waals surface area contributed by atoms with E-state index in [0.29, 0.717) is 32.0 Å². The highest BCUT2D eigenvalue weighted by molar-refractivity contribution is 5.25. The van der Waals surface area contributed by atoms with Gasteiger partial charge in [0.15, 0.2) is 0 Å². The molecule has 1 unspecified atom stereocenters. The fourth-order valence-electron chi connectivity index (χ4n) is 1.42. The highest BCUT2D eigenvalue weighted by Gasteiger charge is 2.08. The lowest BCUT2D eigenvalue weighted by Gasteiger charge is -2.12. The third kappa shape index (κ3) is 5.15. The van der Waals surface area contributed by atoms with Crippen LogP contribution < -0.4 is 4.74 Å². The number of aliphatic hydroxyl groups is 1. The summed E-state index contributed by atoms with van der Waals surface area (Å²) in [6.07, 6.45) is 4.31. The minimum Gasteiger partial charge on any atom is -0.492 e. The molecule has 1 heterocycles. The Morgan fingerprint density at radius 3 is 2.82 bits per heavy atom. The molecule has 0 radical (unpaired) electrons. The minimum absolute atomic E-state index is 0.542. The fourth-order valence-corrected chi connectivity index (χ4v) is 1.42. The van der Waals surface area contributed by atoms with Gasteiger partial charge in [0.2, 0.25) is 0 Å². The van der Waals surface area contributed by atoms with Crippen molar-refractivity contribution >= 4 is 0 Å². The standard InChI is InChI=1S/C13H21NO3/c1-3-6-17-12-8-11(9-14-10-12)13(15)5-7-16-4-2/h8-10,13,15H,3-7H2,1-2H3. The zero-order chi connectivity index (χ0) is 12.5. The maximum Gasteiger partial charge on any atom is 0.137 e. The van der Waals surface area contributed by atoms with Crippen LogP contribution in [0.2, 0.25) is 0 Å². The first-order valence-electron chi connectivity index (χ1n) is 6.11. The van der Waals surface area contributed by atoms with Gasteiger partial charge in [-0.3, -0.25) is 4.98 Å². The molecule has 0 fully saturated rings. The predicted molar refractivity (Wildman–Crippen MR) is 66.1 cm³/mol. The van der Waals surface area contributed by atoms with Gasteiger partial charge in [-0.25, -0.2) is 0 Å². The molecule has 1 rings (SSSR count). The zero-order valence-corrected chi connectivity index (χ0v) is 10.6. The molecule has 0 bridgehead atoms. The molecule has 0 aliphatic carbocycles. The Morgan fingerprint density at radius 2 is 2.12 bits per heavy atom. The SMILES string of the molecule is CCCOc1cncc(C(O)CCOCC)c1. The van der Waals surface area contributed by atoms with Gasteiger partial charge in [-0.1, -0.05) is 6.92 Å². The normalized spacial score (nSPS) is 12.4. The largest absolute Gasteiger partial charge is 0.492 e. The lowest BCUT2D eigenvalue weighted by atomic mass is 10.1. The molecule has 4 heteroatoms. The number of nitrogens with zero attached hydrogens (tertiary/aromatic N) is 1. The van der Waals surface area contributed by atoms with Crippen LogP contribution in [0.5, 0.6) is 5.75 Å². The van der Waals surface area contributed by atoms with Gasteiger partial charge >= 0.3 is 0 Å². The average molecular weight is 239 g/mol. The molecule has 1 aromatic rings. The summed E-state index contributed by atoms with van der Waals surface area (Å²) >= 11 is 0. The van der Waals surface area contributed by atoms with Crippen LogP contribution in [-0.4, -0.2) is 29.9 Å². The number of aliphatic hydroxyl groups excluding tert-OH is 1. The molecule has 0 spiro atoms. The average Bonchev–Trinajstić information content (AvgIpc) is 2.37. The van der Waals surface area contributed by atoms with Crippen molar-refractivity contribution in [2.75, 3.05) is 19.8 Å². The summed E-state index contributed by atoms with van der Waals surface area (Å²) in [5.41, 5.74) is 0.776. The van der Waals surface area contributed by atoms with Gasteiger partial charge < -0.3 is 14.6 Å². The van der Waals surface area contributed by atoms with E-state index in [2.05, 4.69) is 4.98 Å². The Bertz CT molecular complexity index is 317.